The third-order valence-corrected chi connectivity index (χ3v) is 4.73. The van der Waals surface area contributed by atoms with Gasteiger partial charge < -0.3 is 15.1 Å². The number of benzene rings is 1. The summed E-state index contributed by atoms with van der Waals surface area (Å²) in [5.74, 6) is 3.41. The molecule has 1 aromatic carbocycles. The normalized spacial score (nSPS) is 12.2. The van der Waals surface area contributed by atoms with Gasteiger partial charge in [0.05, 0.1) is 6.20 Å². The van der Waals surface area contributed by atoms with Crippen LogP contribution in [0.5, 0.6) is 0 Å². The van der Waals surface area contributed by atoms with Gasteiger partial charge in [-0.2, -0.15) is 0 Å². The minimum Gasteiger partial charge on any atom is -0.443 e. The molecule has 0 aliphatic carbocycles. The van der Waals surface area contributed by atoms with Gasteiger partial charge in [-0.25, -0.2) is 9.98 Å². The molecule has 2 aromatic rings. The van der Waals surface area contributed by atoms with Crippen molar-refractivity contribution in [2.45, 2.75) is 51.0 Å². The van der Waals surface area contributed by atoms with Gasteiger partial charge in [0.2, 0.25) is 5.89 Å². The molecule has 1 heterocycles. The van der Waals surface area contributed by atoms with E-state index < -0.39 is 0 Å². The van der Waals surface area contributed by atoms with Gasteiger partial charge in [-0.3, -0.25) is 0 Å². The summed E-state index contributed by atoms with van der Waals surface area (Å²) < 4.78 is 5.79. The van der Waals surface area contributed by atoms with Gasteiger partial charge in [-0.05, 0) is 31.2 Å². The number of aromatic nitrogens is 1. The summed E-state index contributed by atoms with van der Waals surface area (Å²) >= 11 is 1.88. The van der Waals surface area contributed by atoms with Crippen molar-refractivity contribution in [3.8, 4) is 0 Å². The summed E-state index contributed by atoms with van der Waals surface area (Å²) in [4.78, 5) is 10.2. The fourth-order valence-corrected chi connectivity index (χ4v) is 3.08. The van der Waals surface area contributed by atoms with Crippen LogP contribution < -0.4 is 10.6 Å². The van der Waals surface area contributed by atoms with E-state index in [4.69, 9.17) is 4.42 Å². The van der Waals surface area contributed by atoms with Crippen LogP contribution in [0, 0.1) is 0 Å². The van der Waals surface area contributed by atoms with Crippen molar-refractivity contribution in [2.75, 3.05) is 18.8 Å². The third kappa shape index (κ3) is 7.12. The van der Waals surface area contributed by atoms with Crippen molar-refractivity contribution in [3.05, 3.63) is 48.2 Å². The van der Waals surface area contributed by atoms with E-state index >= 15 is 0 Å². The Morgan fingerprint density at radius 3 is 2.62 bits per heavy atom. The molecule has 0 amide bonds. The fraction of sp³-hybridized carbons (Fsp3) is 0.500. The lowest BCUT2D eigenvalue weighted by molar-refractivity contribution is 0.383. The van der Waals surface area contributed by atoms with E-state index in [1.807, 2.05) is 17.8 Å². The predicted octanol–water partition coefficient (Wildman–Crippen LogP) is 4.21. The van der Waals surface area contributed by atoms with Crippen LogP contribution in [0.25, 0.3) is 0 Å². The smallest absolute Gasteiger partial charge is 0.216 e. The van der Waals surface area contributed by atoms with E-state index in [0.29, 0.717) is 12.4 Å². The topological polar surface area (TPSA) is 62.5 Å². The van der Waals surface area contributed by atoms with E-state index in [1.165, 1.54) is 4.90 Å². The second kappa shape index (κ2) is 10.3. The first kappa shape index (κ1) is 20.4. The van der Waals surface area contributed by atoms with Crippen LogP contribution >= 0.6 is 11.8 Å². The molecule has 0 spiro atoms. The molecule has 0 unspecified atom stereocenters. The molecule has 0 radical (unpaired) electrons. The van der Waals surface area contributed by atoms with Crippen LogP contribution in [-0.4, -0.2) is 29.8 Å². The summed E-state index contributed by atoms with van der Waals surface area (Å²) in [6.45, 7) is 10.5. The summed E-state index contributed by atoms with van der Waals surface area (Å²) in [6.07, 6.45) is 2.86. The number of nitrogens with zero attached hydrogens (tertiary/aromatic N) is 2. The van der Waals surface area contributed by atoms with E-state index in [2.05, 4.69) is 72.6 Å². The number of aliphatic imine (C=N–C) groups is 1. The van der Waals surface area contributed by atoms with Gasteiger partial charge in [0.15, 0.2) is 5.96 Å². The second-order valence-electron chi connectivity index (χ2n) is 7.01. The van der Waals surface area contributed by atoms with Crippen molar-refractivity contribution >= 4 is 17.7 Å². The molecule has 0 fully saturated rings. The number of hydrogen-bond donors (Lipinski definition) is 2. The molecular formula is C20H30N4OS. The minimum atomic E-state index is -0.0336. The van der Waals surface area contributed by atoms with Gasteiger partial charge >= 0.3 is 0 Å². The molecule has 0 saturated heterocycles. The SMILES string of the molecule is CCNC(=NCc1ncc(C(C)(C)C)o1)NCCCSc1ccccc1. The van der Waals surface area contributed by atoms with Crippen LogP contribution in [0.1, 0.15) is 45.8 Å². The molecule has 26 heavy (non-hydrogen) atoms. The maximum absolute atomic E-state index is 5.79. The van der Waals surface area contributed by atoms with Gasteiger partial charge in [0.1, 0.15) is 12.3 Å². The number of guanidine groups is 1. The van der Waals surface area contributed by atoms with Crippen molar-refractivity contribution < 1.29 is 4.42 Å². The Hall–Kier alpha value is -1.95. The van der Waals surface area contributed by atoms with Crippen molar-refractivity contribution in [2.24, 2.45) is 4.99 Å². The summed E-state index contributed by atoms with van der Waals surface area (Å²) in [5, 5.41) is 6.63. The molecule has 0 saturated carbocycles. The lowest BCUT2D eigenvalue weighted by Crippen LogP contribution is -2.37. The lowest BCUT2D eigenvalue weighted by Gasteiger charge is -2.13. The molecule has 0 aliphatic rings. The van der Waals surface area contributed by atoms with E-state index in [0.717, 1.165) is 37.0 Å². The molecule has 2 rings (SSSR count). The monoisotopic (exact) mass is 374 g/mol. The maximum atomic E-state index is 5.79. The molecule has 5 nitrogen and oxygen atoms in total. The Balaban J connectivity index is 1.76. The molecule has 6 heteroatoms. The Bertz CT molecular complexity index is 677. The highest BCUT2D eigenvalue weighted by molar-refractivity contribution is 7.99. The average molecular weight is 375 g/mol. The highest BCUT2D eigenvalue weighted by atomic mass is 32.2. The molecule has 142 valence electrons. The van der Waals surface area contributed by atoms with Crippen LogP contribution in [0.2, 0.25) is 0 Å². The van der Waals surface area contributed by atoms with E-state index in [1.54, 1.807) is 6.20 Å². The van der Waals surface area contributed by atoms with Gasteiger partial charge in [-0.1, -0.05) is 39.0 Å². The first-order valence-corrected chi connectivity index (χ1v) is 10.1. The largest absolute Gasteiger partial charge is 0.443 e. The van der Waals surface area contributed by atoms with Gasteiger partial charge in [0.25, 0.3) is 0 Å². The van der Waals surface area contributed by atoms with Gasteiger partial charge in [-0.15, -0.1) is 11.8 Å². The number of oxazole rings is 1. The van der Waals surface area contributed by atoms with Crippen LogP contribution in [0.15, 0.2) is 50.8 Å². The fourth-order valence-electron chi connectivity index (χ4n) is 2.20. The Morgan fingerprint density at radius 1 is 1.19 bits per heavy atom. The summed E-state index contributed by atoms with van der Waals surface area (Å²) in [6, 6.07) is 10.5. The molecule has 2 N–H and O–H groups in total. The quantitative estimate of drug-likeness (QED) is 0.314. The molecule has 0 aliphatic heterocycles. The molecule has 1 aromatic heterocycles. The maximum Gasteiger partial charge on any atom is 0.216 e. The first-order chi connectivity index (χ1) is 12.5. The standard InChI is InChI=1S/C20H30N4OS/c1-5-21-19(22-12-9-13-26-16-10-7-6-8-11-16)24-15-18-23-14-17(25-18)20(2,3)4/h6-8,10-11,14H,5,9,12-13,15H2,1-4H3,(H2,21,22,24). The number of nitrogens with one attached hydrogen (secondary N) is 2. The van der Waals surface area contributed by atoms with Crippen LogP contribution in [0.3, 0.4) is 0 Å². The third-order valence-electron chi connectivity index (χ3n) is 3.63. The number of thioether (sulfide) groups is 1. The Labute approximate surface area is 161 Å². The molecule has 0 bridgehead atoms. The Morgan fingerprint density at radius 2 is 1.96 bits per heavy atom. The molecular weight excluding hydrogens is 344 g/mol. The zero-order valence-electron chi connectivity index (χ0n) is 16.2. The predicted molar refractivity (Wildman–Crippen MR) is 110 cm³/mol. The first-order valence-electron chi connectivity index (χ1n) is 9.14. The number of hydrogen-bond acceptors (Lipinski definition) is 4. The second-order valence-corrected chi connectivity index (χ2v) is 8.17. The van der Waals surface area contributed by atoms with E-state index in [9.17, 15) is 0 Å². The zero-order chi connectivity index (χ0) is 18.8. The highest BCUT2D eigenvalue weighted by Crippen LogP contribution is 2.22. The van der Waals surface area contributed by atoms with Crippen molar-refractivity contribution in [1.29, 1.82) is 0 Å². The Kier molecular flexibility index (Phi) is 8.04. The summed E-state index contributed by atoms with van der Waals surface area (Å²) in [5.41, 5.74) is -0.0336. The molecule has 0 atom stereocenters. The summed E-state index contributed by atoms with van der Waals surface area (Å²) in [7, 11) is 0. The van der Waals surface area contributed by atoms with Crippen molar-refractivity contribution in [1.82, 2.24) is 15.6 Å². The average Bonchev–Trinajstić information content (AvgIpc) is 3.09. The van der Waals surface area contributed by atoms with Crippen molar-refractivity contribution in [3.63, 3.8) is 0 Å². The van der Waals surface area contributed by atoms with Crippen LogP contribution in [-0.2, 0) is 12.0 Å². The zero-order valence-corrected chi connectivity index (χ0v) is 17.0. The van der Waals surface area contributed by atoms with Crippen LogP contribution in [0.4, 0.5) is 0 Å². The van der Waals surface area contributed by atoms with Gasteiger partial charge in [0, 0.05) is 23.4 Å². The van der Waals surface area contributed by atoms with E-state index in [-0.39, 0.29) is 5.41 Å². The number of rotatable bonds is 8. The lowest BCUT2D eigenvalue weighted by atomic mass is 9.94. The minimum absolute atomic E-state index is 0.0336. The highest BCUT2D eigenvalue weighted by Gasteiger charge is 2.18.